The molecule has 0 saturated carbocycles. The Labute approximate surface area is 239 Å². The quantitative estimate of drug-likeness (QED) is 0.241. The number of ether oxygens (including phenoxy) is 2. The summed E-state index contributed by atoms with van der Waals surface area (Å²) in [5.74, 6) is 0.667. The van der Waals surface area contributed by atoms with E-state index < -0.39 is 0 Å². The van der Waals surface area contributed by atoms with Crippen LogP contribution in [0.1, 0.15) is 45.2 Å². The first-order valence-electron chi connectivity index (χ1n) is 14.3. The van der Waals surface area contributed by atoms with Crippen LogP contribution in [0.5, 0.6) is 0 Å². The Morgan fingerprint density at radius 3 is 2.65 bits per heavy atom. The maximum Gasteiger partial charge on any atom is 0.110 e. The molecule has 1 aromatic heterocycles. The Morgan fingerprint density at radius 2 is 1.98 bits per heavy atom. The number of H-pyrrole nitrogens is 1. The van der Waals surface area contributed by atoms with Crippen molar-refractivity contribution in [3.63, 3.8) is 0 Å². The number of nitrogens with one attached hydrogen (secondary N) is 1. The molecule has 0 radical (unpaired) electrons. The minimum atomic E-state index is 0.135. The van der Waals surface area contributed by atoms with E-state index in [1.807, 2.05) is 19.1 Å². The molecule has 0 atom stereocenters. The highest BCUT2D eigenvalue weighted by atomic mass is 16.5. The lowest BCUT2D eigenvalue weighted by Crippen LogP contribution is -2.36. The lowest BCUT2D eigenvalue weighted by molar-refractivity contribution is 0.0387. The van der Waals surface area contributed by atoms with Gasteiger partial charge in [0.25, 0.3) is 0 Å². The van der Waals surface area contributed by atoms with Gasteiger partial charge < -0.3 is 19.4 Å². The highest BCUT2D eigenvalue weighted by Gasteiger charge is 2.18. The number of aromatic nitrogens is 1. The summed E-state index contributed by atoms with van der Waals surface area (Å²) in [6, 6.07) is 4.32. The fourth-order valence-corrected chi connectivity index (χ4v) is 4.79. The first-order valence-corrected chi connectivity index (χ1v) is 14.3. The van der Waals surface area contributed by atoms with Gasteiger partial charge in [-0.2, -0.15) is 5.26 Å². The fraction of sp³-hybridized carbons (Fsp3) is 0.455. The SMILES string of the molecule is C=CC(=C\C=C(/CC#N)OC1CCN(C)CC1)/C(N=CC)=c1\cc(/C(C)=C/C=C\CCN2CCOCC2)[nH]c1=C. The summed E-state index contributed by atoms with van der Waals surface area (Å²) in [5.41, 5.74) is 3.72. The average Bonchev–Trinajstić information content (AvgIpc) is 3.35. The van der Waals surface area contributed by atoms with E-state index in [9.17, 15) is 5.26 Å². The molecule has 3 heterocycles. The Bertz CT molecular complexity index is 1280. The monoisotopic (exact) mass is 543 g/mol. The molecule has 3 rings (SSSR count). The van der Waals surface area contributed by atoms with Crippen LogP contribution in [0.3, 0.4) is 0 Å². The molecule has 0 aliphatic carbocycles. The molecular weight excluding hydrogens is 498 g/mol. The highest BCUT2D eigenvalue weighted by Crippen LogP contribution is 2.19. The first kappa shape index (κ1) is 31.1. The van der Waals surface area contributed by atoms with Crippen LogP contribution in [-0.4, -0.2) is 80.1 Å². The number of aromatic amines is 1. The Morgan fingerprint density at radius 1 is 1.23 bits per heavy atom. The van der Waals surface area contributed by atoms with Crippen LogP contribution < -0.4 is 10.6 Å². The maximum atomic E-state index is 9.37. The number of hydrogen-bond acceptors (Lipinski definition) is 6. The summed E-state index contributed by atoms with van der Waals surface area (Å²) in [6.45, 7) is 19.0. The van der Waals surface area contributed by atoms with Gasteiger partial charge in [-0.25, -0.2) is 0 Å². The molecule has 0 amide bonds. The largest absolute Gasteiger partial charge is 0.494 e. The first-order chi connectivity index (χ1) is 19.4. The minimum absolute atomic E-state index is 0.135. The number of likely N-dealkylation sites (tertiary alicyclic amines) is 1. The van der Waals surface area contributed by atoms with Gasteiger partial charge in [0.1, 0.15) is 11.9 Å². The Kier molecular flexibility index (Phi) is 12.9. The zero-order valence-corrected chi connectivity index (χ0v) is 24.5. The second-order valence-electron chi connectivity index (χ2n) is 10.2. The molecule has 1 N–H and O–H groups in total. The van der Waals surface area contributed by atoms with Crippen LogP contribution in [0.4, 0.5) is 0 Å². The van der Waals surface area contributed by atoms with Crippen molar-refractivity contribution in [2.45, 2.75) is 45.6 Å². The Hall–Kier alpha value is -3.44. The van der Waals surface area contributed by atoms with E-state index in [1.165, 1.54) is 0 Å². The smallest absolute Gasteiger partial charge is 0.110 e. The van der Waals surface area contributed by atoms with Crippen LogP contribution in [0.25, 0.3) is 17.8 Å². The topological polar surface area (TPSA) is 76.9 Å². The zero-order valence-electron chi connectivity index (χ0n) is 24.5. The molecular formula is C33H45N5O2. The van der Waals surface area contributed by atoms with E-state index >= 15 is 0 Å². The summed E-state index contributed by atoms with van der Waals surface area (Å²) in [7, 11) is 2.12. The number of hydrogen-bond donors (Lipinski definition) is 1. The molecule has 1 aromatic rings. The standard InChI is InChI=1S/C33H45N5O2/c1-6-28(12-13-29(14-17-34)40-30-15-19-37(5)20-16-30)33(35-7-2)31-25-32(36-27(31)4)26(3)11-9-8-10-18-38-21-23-39-24-22-38/h6-9,11-13,25,30,36H,1,4,10,14-16,18-24H2,2-3,5H3/b9-8-,26-11+,28-12+,29-13+,33-31-,35-7?. The molecule has 0 spiro atoms. The molecule has 7 heteroatoms. The van der Waals surface area contributed by atoms with Crippen LogP contribution in [0, 0.1) is 11.3 Å². The van der Waals surface area contributed by atoms with E-state index in [-0.39, 0.29) is 12.5 Å². The number of rotatable bonds is 12. The summed E-state index contributed by atoms with van der Waals surface area (Å²) >= 11 is 0. The van der Waals surface area contributed by atoms with Crippen molar-refractivity contribution in [3.05, 3.63) is 76.7 Å². The lowest BCUT2D eigenvalue weighted by atomic mass is 10.1. The molecule has 2 saturated heterocycles. The van der Waals surface area contributed by atoms with E-state index in [4.69, 9.17) is 9.47 Å². The summed E-state index contributed by atoms with van der Waals surface area (Å²) in [5, 5.41) is 11.1. The fourth-order valence-electron chi connectivity index (χ4n) is 4.79. The molecule has 2 aliphatic heterocycles. The van der Waals surface area contributed by atoms with Crippen molar-refractivity contribution in [1.82, 2.24) is 14.8 Å². The molecule has 2 fully saturated rings. The third kappa shape index (κ3) is 9.63. The highest BCUT2D eigenvalue weighted by molar-refractivity contribution is 5.75. The van der Waals surface area contributed by atoms with Crippen molar-refractivity contribution in [3.8, 4) is 6.07 Å². The number of nitriles is 1. The van der Waals surface area contributed by atoms with Crippen LogP contribution >= 0.6 is 0 Å². The Balaban J connectivity index is 1.80. The minimum Gasteiger partial charge on any atom is -0.494 e. The third-order valence-electron chi connectivity index (χ3n) is 7.21. The van der Waals surface area contributed by atoms with E-state index in [2.05, 4.69) is 77.3 Å². The van der Waals surface area contributed by atoms with E-state index in [0.29, 0.717) is 5.76 Å². The van der Waals surface area contributed by atoms with Crippen molar-refractivity contribution in [2.75, 3.05) is 53.0 Å². The molecule has 40 heavy (non-hydrogen) atoms. The van der Waals surface area contributed by atoms with Gasteiger partial charge in [-0.3, -0.25) is 9.89 Å². The molecule has 2 aliphatic rings. The molecule has 0 bridgehead atoms. The van der Waals surface area contributed by atoms with Crippen LogP contribution in [0.2, 0.25) is 0 Å². The average molecular weight is 544 g/mol. The van der Waals surface area contributed by atoms with Crippen LogP contribution in [0.15, 0.2) is 65.4 Å². The lowest BCUT2D eigenvalue weighted by Gasteiger charge is -2.29. The van der Waals surface area contributed by atoms with Crippen molar-refractivity contribution >= 4 is 24.1 Å². The third-order valence-corrected chi connectivity index (χ3v) is 7.21. The van der Waals surface area contributed by atoms with Crippen LogP contribution in [-0.2, 0) is 9.47 Å². The normalized spacial score (nSPS) is 19.8. The number of allylic oxidation sites excluding steroid dienone is 6. The molecule has 214 valence electrons. The predicted octanol–water partition coefficient (Wildman–Crippen LogP) is 4.33. The maximum absolute atomic E-state index is 9.37. The van der Waals surface area contributed by atoms with Crippen molar-refractivity contribution < 1.29 is 9.47 Å². The molecule has 0 aromatic carbocycles. The summed E-state index contributed by atoms with van der Waals surface area (Å²) < 4.78 is 11.6. The number of nitrogens with zero attached hydrogens (tertiary/aromatic N) is 4. The van der Waals surface area contributed by atoms with Gasteiger partial charge in [-0.15, -0.1) is 0 Å². The van der Waals surface area contributed by atoms with E-state index in [1.54, 1.807) is 12.3 Å². The summed E-state index contributed by atoms with van der Waals surface area (Å²) in [4.78, 5) is 12.8. The zero-order chi connectivity index (χ0) is 28.7. The molecule has 7 nitrogen and oxygen atoms in total. The van der Waals surface area contributed by atoms with Gasteiger partial charge in [0.15, 0.2) is 0 Å². The van der Waals surface area contributed by atoms with Crippen molar-refractivity contribution in [2.24, 2.45) is 4.99 Å². The van der Waals surface area contributed by atoms with Gasteiger partial charge in [0, 0.05) is 60.8 Å². The predicted molar refractivity (Wildman–Crippen MR) is 166 cm³/mol. The number of piperidine rings is 1. The van der Waals surface area contributed by atoms with Gasteiger partial charge >= 0.3 is 0 Å². The van der Waals surface area contributed by atoms with Crippen molar-refractivity contribution in [1.29, 1.82) is 5.26 Å². The second-order valence-corrected chi connectivity index (χ2v) is 10.2. The van der Waals surface area contributed by atoms with Gasteiger partial charge in [-0.05, 0) is 63.9 Å². The number of aliphatic imine (C=N–C) groups is 1. The van der Waals surface area contributed by atoms with E-state index in [0.717, 1.165) is 98.3 Å². The van der Waals surface area contributed by atoms with Gasteiger partial charge in [0.2, 0.25) is 0 Å². The van der Waals surface area contributed by atoms with Gasteiger partial charge in [0.05, 0.1) is 31.4 Å². The second kappa shape index (κ2) is 16.6. The number of morpholine rings is 1. The summed E-state index contributed by atoms with van der Waals surface area (Å²) in [6.07, 6.45) is 17.1. The molecule has 0 unspecified atom stereocenters. The van der Waals surface area contributed by atoms with Gasteiger partial charge in [-0.1, -0.05) is 37.5 Å².